The number of carbonyl (C=O) groups excluding carboxylic acids is 2. The maximum Gasteiger partial charge on any atom is 1.00 e. The van der Waals surface area contributed by atoms with Gasteiger partial charge in [0.05, 0.1) is 40.1 Å². The summed E-state index contributed by atoms with van der Waals surface area (Å²) in [6, 6.07) is 5.63. The third kappa shape index (κ3) is 15.3. The molecule has 0 saturated carbocycles. The third-order valence-electron chi connectivity index (χ3n) is 6.61. The Labute approximate surface area is 265 Å². The molecule has 0 heterocycles. The molecule has 4 N–H and O–H groups in total. The van der Waals surface area contributed by atoms with E-state index in [1.807, 2.05) is 56.0 Å². The topological polar surface area (TPSA) is 150 Å². The van der Waals surface area contributed by atoms with Crippen molar-refractivity contribution < 1.29 is 66.2 Å². The molecule has 0 aliphatic heterocycles. The maximum absolute atomic E-state index is 13.3. The van der Waals surface area contributed by atoms with E-state index in [1.165, 1.54) is 12.1 Å². The zero-order chi connectivity index (χ0) is 28.8. The van der Waals surface area contributed by atoms with Crippen LogP contribution in [-0.2, 0) is 19.7 Å². The van der Waals surface area contributed by atoms with Crippen LogP contribution in [0.1, 0.15) is 51.5 Å². The van der Waals surface area contributed by atoms with E-state index in [4.69, 9.17) is 5.73 Å². The summed E-state index contributed by atoms with van der Waals surface area (Å²) in [4.78, 5) is 24.9. The van der Waals surface area contributed by atoms with Crippen LogP contribution in [0.15, 0.2) is 29.2 Å². The molecule has 12 heteroatoms. The van der Waals surface area contributed by atoms with Gasteiger partial charge >= 0.3 is 29.6 Å². The van der Waals surface area contributed by atoms with Crippen molar-refractivity contribution in [2.24, 2.45) is 17.1 Å². The molecule has 1 rings (SSSR count). The molecule has 0 fully saturated rings. The van der Waals surface area contributed by atoms with Crippen LogP contribution in [-0.4, -0.2) is 100.0 Å². The number of nitrogens with two attached hydrogens (primary N) is 1. The van der Waals surface area contributed by atoms with Crippen LogP contribution in [0.2, 0.25) is 0 Å². The van der Waals surface area contributed by atoms with Gasteiger partial charge in [-0.1, -0.05) is 32.9 Å². The largest absolute Gasteiger partial charge is 1.00 e. The van der Waals surface area contributed by atoms with E-state index >= 15 is 0 Å². The van der Waals surface area contributed by atoms with Gasteiger partial charge in [0.2, 0.25) is 11.8 Å². The Morgan fingerprint density at radius 1 is 1.05 bits per heavy atom. The minimum absolute atomic E-state index is 0. The molecule has 3 unspecified atom stereocenters. The normalized spacial score (nSPS) is 14.4. The van der Waals surface area contributed by atoms with E-state index in [0.29, 0.717) is 48.0 Å². The minimum Gasteiger partial charge on any atom is -0.744 e. The van der Waals surface area contributed by atoms with Gasteiger partial charge in [-0.15, -0.1) is 0 Å². The van der Waals surface area contributed by atoms with E-state index in [-0.39, 0.29) is 61.1 Å². The molecule has 0 aliphatic rings. The van der Waals surface area contributed by atoms with Crippen LogP contribution < -0.4 is 40.6 Å². The number of hydrogen-bond donors (Lipinski definition) is 3. The first kappa shape index (κ1) is 43.4. The summed E-state index contributed by atoms with van der Waals surface area (Å²) in [5.74, 6) is -1.28. The van der Waals surface area contributed by atoms with Gasteiger partial charge < -0.3 is 44.5 Å². The Kier molecular flexibility index (Phi) is 18.6. The molecule has 40 heavy (non-hydrogen) atoms. The summed E-state index contributed by atoms with van der Waals surface area (Å²) < 4.78 is 35.1. The van der Waals surface area contributed by atoms with Crippen molar-refractivity contribution >= 4 is 21.9 Å². The third-order valence-corrected chi connectivity index (χ3v) is 7.46. The molecule has 1 aromatic carbocycles. The number of amides is 2. The maximum atomic E-state index is 13.3. The number of benzene rings is 1. The van der Waals surface area contributed by atoms with Gasteiger partial charge in [0.15, 0.2) is 12.8 Å². The number of rotatable bonds is 15. The van der Waals surface area contributed by atoms with Crippen molar-refractivity contribution in [2.45, 2.75) is 57.0 Å². The molecule has 0 radical (unpaired) electrons. The van der Waals surface area contributed by atoms with E-state index in [0.717, 1.165) is 5.56 Å². The molecular weight excluding hydrogens is 543 g/mol. The SMILES string of the molecule is CCC(CC(CC(C)(C)C(=O)NC[N+](C)(C)CC(O)C[N+](C)(C)C)c1ccc(S(=O)(=O)[O-])cc1)C(N)=O.[CH3-].[CH3-].[Na+]. The van der Waals surface area contributed by atoms with E-state index in [2.05, 4.69) is 5.32 Å². The smallest absolute Gasteiger partial charge is 0.744 e. The number of aliphatic hydroxyl groups is 1. The number of nitrogens with one attached hydrogen (secondary N) is 1. The summed E-state index contributed by atoms with van der Waals surface area (Å²) >= 11 is 0. The van der Waals surface area contributed by atoms with Crippen LogP contribution in [0.4, 0.5) is 0 Å². The molecule has 0 aliphatic carbocycles. The molecule has 0 saturated heterocycles. The van der Waals surface area contributed by atoms with E-state index < -0.39 is 33.5 Å². The van der Waals surface area contributed by atoms with Gasteiger partial charge in [-0.05, 0) is 42.9 Å². The summed E-state index contributed by atoms with van der Waals surface area (Å²) in [6.45, 7) is 6.91. The first-order valence-corrected chi connectivity index (χ1v) is 14.0. The molecule has 2 amide bonds. The average molecular weight is 597 g/mol. The van der Waals surface area contributed by atoms with Gasteiger partial charge in [-0.2, -0.15) is 0 Å². The molecule has 1 aromatic rings. The second-order valence-electron chi connectivity index (χ2n) is 12.5. The molecule has 0 spiro atoms. The van der Waals surface area contributed by atoms with E-state index in [1.54, 1.807) is 12.1 Å². The Hall–Kier alpha value is -1.05. The van der Waals surface area contributed by atoms with Gasteiger partial charge in [0.1, 0.15) is 23.2 Å². The predicted molar refractivity (Wildman–Crippen MR) is 155 cm³/mol. The number of hydrogen-bond acceptors (Lipinski definition) is 6. The van der Waals surface area contributed by atoms with Crippen molar-refractivity contribution in [1.29, 1.82) is 0 Å². The molecule has 0 bridgehead atoms. The second kappa shape index (κ2) is 17.2. The predicted octanol–water partition coefficient (Wildman–Crippen LogP) is -0.886. The molecule has 228 valence electrons. The Balaban J connectivity index is -0.00000456. The quantitative estimate of drug-likeness (QED) is 0.0787. The van der Waals surface area contributed by atoms with Gasteiger partial charge in [-0.25, -0.2) is 8.42 Å². The summed E-state index contributed by atoms with van der Waals surface area (Å²) in [6.07, 6.45) is 0.784. The van der Waals surface area contributed by atoms with Crippen LogP contribution in [0.5, 0.6) is 0 Å². The Morgan fingerprint density at radius 2 is 1.55 bits per heavy atom. The van der Waals surface area contributed by atoms with Crippen molar-refractivity contribution in [3.8, 4) is 0 Å². The van der Waals surface area contributed by atoms with Crippen molar-refractivity contribution in [1.82, 2.24) is 5.32 Å². The first-order chi connectivity index (χ1) is 16.7. The van der Waals surface area contributed by atoms with Crippen LogP contribution in [0.25, 0.3) is 0 Å². The van der Waals surface area contributed by atoms with Gasteiger partial charge in [0, 0.05) is 11.3 Å². The number of quaternary nitrogens is 2. The fraction of sp³-hybridized carbons (Fsp3) is 0.643. The minimum atomic E-state index is -4.58. The van der Waals surface area contributed by atoms with Crippen molar-refractivity contribution in [3.63, 3.8) is 0 Å². The number of likely N-dealkylation sites (N-methyl/N-ethyl adjacent to an activating group) is 2. The first-order valence-electron chi connectivity index (χ1n) is 12.6. The molecular formula is C28H53N4NaO6S. The molecule has 3 atom stereocenters. The summed E-state index contributed by atoms with van der Waals surface area (Å²) in [7, 11) is 5.34. The summed E-state index contributed by atoms with van der Waals surface area (Å²) in [5, 5.41) is 13.5. The standard InChI is InChI=1S/C26H46N4O6S.2CH3.Na/c1-9-19(24(27)32)14-21(20-10-12-23(13-11-20)37(34,35)36)15-26(2,3)25(33)28-18-30(7,8)17-22(31)16-29(4,5)6;;;/h10-13,19,21-22,31H,9,14-18H2,1-8H3,(H2-2,27,28,32,33,34,35,36);2*1H3;/q;2*-1;+1/p+1. The van der Waals surface area contributed by atoms with Gasteiger partial charge in [0.25, 0.3) is 0 Å². The summed E-state index contributed by atoms with van der Waals surface area (Å²) in [5.41, 5.74) is 5.49. The number of carbonyl (C=O) groups is 2. The zero-order valence-electron chi connectivity index (χ0n) is 26.7. The monoisotopic (exact) mass is 596 g/mol. The molecule has 0 aromatic heterocycles. The molecule has 10 nitrogen and oxygen atoms in total. The van der Waals surface area contributed by atoms with Crippen molar-refractivity contribution in [3.05, 3.63) is 44.7 Å². The van der Waals surface area contributed by atoms with Crippen LogP contribution >= 0.6 is 0 Å². The Morgan fingerprint density at radius 3 is 1.95 bits per heavy atom. The second-order valence-corrected chi connectivity index (χ2v) is 13.8. The fourth-order valence-electron chi connectivity index (χ4n) is 4.63. The van der Waals surface area contributed by atoms with Crippen LogP contribution in [0, 0.1) is 26.2 Å². The van der Waals surface area contributed by atoms with E-state index in [9.17, 15) is 27.7 Å². The number of aliphatic hydroxyl groups excluding tert-OH is 1. The fourth-order valence-corrected chi connectivity index (χ4v) is 5.10. The average Bonchev–Trinajstić information content (AvgIpc) is 2.72. The number of primary amides is 1. The number of nitrogens with zero attached hydrogens (tertiary/aromatic N) is 2. The Bertz CT molecular complexity index is 1020. The van der Waals surface area contributed by atoms with Gasteiger partial charge in [-0.3, -0.25) is 9.59 Å². The van der Waals surface area contributed by atoms with Crippen molar-refractivity contribution in [2.75, 3.05) is 55.0 Å². The zero-order valence-corrected chi connectivity index (χ0v) is 29.5. The van der Waals surface area contributed by atoms with Crippen LogP contribution in [0.3, 0.4) is 0 Å².